The predicted octanol–water partition coefficient (Wildman–Crippen LogP) is 1.91. The molecule has 110 valence electrons. The Balaban J connectivity index is 1.67. The van der Waals surface area contributed by atoms with Crippen molar-refractivity contribution in [2.75, 3.05) is 31.1 Å². The van der Waals surface area contributed by atoms with Gasteiger partial charge < -0.3 is 10.6 Å². The summed E-state index contributed by atoms with van der Waals surface area (Å²) in [6.45, 7) is 7.25. The van der Waals surface area contributed by atoms with Crippen molar-refractivity contribution in [2.45, 2.75) is 45.2 Å². The first-order chi connectivity index (χ1) is 9.78. The SMILES string of the molecule is Cc1cc(N2CCN(C3CCCC3)CC2)c(CN)cn1. The van der Waals surface area contributed by atoms with Gasteiger partial charge in [-0.15, -0.1) is 0 Å². The lowest BCUT2D eigenvalue weighted by atomic mass is 10.1. The molecule has 1 aliphatic carbocycles. The Morgan fingerprint density at radius 2 is 1.90 bits per heavy atom. The maximum Gasteiger partial charge on any atom is 0.0446 e. The van der Waals surface area contributed by atoms with Crippen LogP contribution in [0, 0.1) is 6.92 Å². The Bertz CT molecular complexity index is 446. The fourth-order valence-corrected chi connectivity index (χ4v) is 3.62. The second-order valence-electron chi connectivity index (χ2n) is 6.12. The number of aryl methyl sites for hydroxylation is 1. The smallest absolute Gasteiger partial charge is 0.0446 e. The normalized spacial score (nSPS) is 21.6. The Labute approximate surface area is 122 Å². The van der Waals surface area contributed by atoms with Crippen LogP contribution in [0.15, 0.2) is 12.3 Å². The van der Waals surface area contributed by atoms with Gasteiger partial charge in [0.05, 0.1) is 0 Å². The van der Waals surface area contributed by atoms with Crippen LogP contribution < -0.4 is 10.6 Å². The van der Waals surface area contributed by atoms with Crippen molar-refractivity contribution in [3.8, 4) is 0 Å². The van der Waals surface area contributed by atoms with E-state index in [0.717, 1.165) is 24.8 Å². The van der Waals surface area contributed by atoms with Gasteiger partial charge in [0, 0.05) is 61.9 Å². The predicted molar refractivity (Wildman–Crippen MR) is 82.9 cm³/mol. The molecule has 1 aromatic heterocycles. The van der Waals surface area contributed by atoms with Crippen LogP contribution >= 0.6 is 0 Å². The van der Waals surface area contributed by atoms with Crippen molar-refractivity contribution in [1.82, 2.24) is 9.88 Å². The van der Waals surface area contributed by atoms with Crippen LogP contribution in [0.3, 0.4) is 0 Å². The Hall–Kier alpha value is -1.13. The number of aromatic nitrogens is 1. The van der Waals surface area contributed by atoms with Crippen molar-refractivity contribution in [3.63, 3.8) is 0 Å². The lowest BCUT2D eigenvalue weighted by molar-refractivity contribution is 0.187. The van der Waals surface area contributed by atoms with Crippen molar-refractivity contribution in [2.24, 2.45) is 5.73 Å². The van der Waals surface area contributed by atoms with Gasteiger partial charge in [0.2, 0.25) is 0 Å². The molecule has 0 bridgehead atoms. The molecule has 0 unspecified atom stereocenters. The largest absolute Gasteiger partial charge is 0.369 e. The number of nitrogens with zero attached hydrogens (tertiary/aromatic N) is 3. The minimum Gasteiger partial charge on any atom is -0.369 e. The summed E-state index contributed by atoms with van der Waals surface area (Å²) in [5.41, 5.74) is 9.40. The molecule has 1 aliphatic heterocycles. The van der Waals surface area contributed by atoms with Crippen LogP contribution in [-0.4, -0.2) is 42.1 Å². The average Bonchev–Trinajstić information content (AvgIpc) is 3.02. The van der Waals surface area contributed by atoms with E-state index in [1.165, 1.54) is 50.0 Å². The zero-order valence-corrected chi connectivity index (χ0v) is 12.5. The molecule has 0 amide bonds. The topological polar surface area (TPSA) is 45.4 Å². The number of piperazine rings is 1. The summed E-state index contributed by atoms with van der Waals surface area (Å²) in [6, 6.07) is 3.04. The van der Waals surface area contributed by atoms with Crippen LogP contribution in [0.4, 0.5) is 5.69 Å². The molecule has 3 rings (SSSR count). The zero-order chi connectivity index (χ0) is 13.9. The third-order valence-electron chi connectivity index (χ3n) is 4.81. The molecule has 0 spiro atoms. The minimum atomic E-state index is 0.575. The summed E-state index contributed by atoms with van der Waals surface area (Å²) in [5, 5.41) is 0. The molecule has 1 saturated carbocycles. The van der Waals surface area contributed by atoms with Gasteiger partial charge in [-0.1, -0.05) is 12.8 Å². The van der Waals surface area contributed by atoms with E-state index in [-0.39, 0.29) is 0 Å². The molecule has 0 aromatic carbocycles. The molecule has 1 saturated heterocycles. The molecule has 2 fully saturated rings. The zero-order valence-electron chi connectivity index (χ0n) is 12.5. The van der Waals surface area contributed by atoms with Crippen LogP contribution in [0.25, 0.3) is 0 Å². The first-order valence-corrected chi connectivity index (χ1v) is 7.92. The van der Waals surface area contributed by atoms with E-state index in [1.54, 1.807) is 0 Å². The highest BCUT2D eigenvalue weighted by Crippen LogP contribution is 2.27. The van der Waals surface area contributed by atoms with Crippen molar-refractivity contribution in [1.29, 1.82) is 0 Å². The van der Waals surface area contributed by atoms with E-state index < -0.39 is 0 Å². The van der Waals surface area contributed by atoms with E-state index >= 15 is 0 Å². The van der Waals surface area contributed by atoms with Crippen LogP contribution in [0.1, 0.15) is 36.9 Å². The van der Waals surface area contributed by atoms with E-state index in [4.69, 9.17) is 5.73 Å². The summed E-state index contributed by atoms with van der Waals surface area (Å²) in [5.74, 6) is 0. The van der Waals surface area contributed by atoms with Gasteiger partial charge in [-0.05, 0) is 25.8 Å². The second-order valence-corrected chi connectivity index (χ2v) is 6.12. The molecular formula is C16H26N4. The van der Waals surface area contributed by atoms with Crippen LogP contribution in [-0.2, 0) is 6.54 Å². The Morgan fingerprint density at radius 3 is 2.55 bits per heavy atom. The van der Waals surface area contributed by atoms with Gasteiger partial charge in [0.25, 0.3) is 0 Å². The summed E-state index contributed by atoms with van der Waals surface area (Å²) in [4.78, 5) is 9.55. The highest BCUT2D eigenvalue weighted by Gasteiger charge is 2.26. The van der Waals surface area contributed by atoms with Crippen molar-refractivity contribution < 1.29 is 0 Å². The number of pyridine rings is 1. The van der Waals surface area contributed by atoms with E-state index in [0.29, 0.717) is 6.54 Å². The lowest BCUT2D eigenvalue weighted by Gasteiger charge is -2.39. The monoisotopic (exact) mass is 274 g/mol. The van der Waals surface area contributed by atoms with E-state index in [2.05, 4.69) is 27.8 Å². The number of anilines is 1. The number of nitrogens with two attached hydrogens (primary N) is 1. The highest BCUT2D eigenvalue weighted by atomic mass is 15.3. The molecule has 1 aromatic rings. The Morgan fingerprint density at radius 1 is 1.20 bits per heavy atom. The van der Waals surface area contributed by atoms with Gasteiger partial charge in [0.15, 0.2) is 0 Å². The summed E-state index contributed by atoms with van der Waals surface area (Å²) < 4.78 is 0. The fraction of sp³-hybridized carbons (Fsp3) is 0.688. The molecule has 0 radical (unpaired) electrons. The van der Waals surface area contributed by atoms with Gasteiger partial charge in [-0.3, -0.25) is 9.88 Å². The fourth-order valence-electron chi connectivity index (χ4n) is 3.62. The number of hydrogen-bond acceptors (Lipinski definition) is 4. The highest BCUT2D eigenvalue weighted by molar-refractivity contribution is 5.54. The second kappa shape index (κ2) is 6.10. The van der Waals surface area contributed by atoms with Gasteiger partial charge in [-0.25, -0.2) is 0 Å². The summed E-state index contributed by atoms with van der Waals surface area (Å²) in [7, 11) is 0. The Kier molecular flexibility index (Phi) is 4.22. The van der Waals surface area contributed by atoms with Gasteiger partial charge in [0.1, 0.15) is 0 Å². The molecule has 0 atom stereocenters. The third kappa shape index (κ3) is 2.81. The number of hydrogen-bond donors (Lipinski definition) is 1. The standard InChI is InChI=1S/C16H26N4/c1-13-10-16(14(11-17)12-18-13)20-8-6-19(7-9-20)15-4-2-3-5-15/h10,12,15H,2-9,11,17H2,1H3. The summed E-state index contributed by atoms with van der Waals surface area (Å²) in [6.07, 6.45) is 7.59. The molecule has 4 nitrogen and oxygen atoms in total. The first kappa shape index (κ1) is 13.8. The average molecular weight is 274 g/mol. The van der Waals surface area contributed by atoms with Gasteiger partial charge in [-0.2, -0.15) is 0 Å². The van der Waals surface area contributed by atoms with E-state index in [1.807, 2.05) is 6.20 Å². The quantitative estimate of drug-likeness (QED) is 0.914. The van der Waals surface area contributed by atoms with Crippen molar-refractivity contribution >= 4 is 5.69 Å². The summed E-state index contributed by atoms with van der Waals surface area (Å²) >= 11 is 0. The van der Waals surface area contributed by atoms with Crippen LogP contribution in [0.2, 0.25) is 0 Å². The maximum atomic E-state index is 5.86. The van der Waals surface area contributed by atoms with Gasteiger partial charge >= 0.3 is 0 Å². The first-order valence-electron chi connectivity index (χ1n) is 7.92. The molecular weight excluding hydrogens is 248 g/mol. The molecule has 2 aliphatic rings. The van der Waals surface area contributed by atoms with Crippen molar-refractivity contribution in [3.05, 3.63) is 23.5 Å². The molecule has 4 heteroatoms. The maximum absolute atomic E-state index is 5.86. The third-order valence-corrected chi connectivity index (χ3v) is 4.81. The molecule has 2 heterocycles. The number of rotatable bonds is 3. The lowest BCUT2D eigenvalue weighted by Crippen LogP contribution is -2.50. The minimum absolute atomic E-state index is 0.575. The molecule has 20 heavy (non-hydrogen) atoms. The molecule has 2 N–H and O–H groups in total. The van der Waals surface area contributed by atoms with E-state index in [9.17, 15) is 0 Å². The van der Waals surface area contributed by atoms with Crippen LogP contribution in [0.5, 0.6) is 0 Å².